The van der Waals surface area contributed by atoms with Crippen molar-refractivity contribution in [2.24, 2.45) is 17.1 Å². The van der Waals surface area contributed by atoms with Gasteiger partial charge in [0.2, 0.25) is 0 Å². The van der Waals surface area contributed by atoms with Crippen LogP contribution in [0.15, 0.2) is 18.2 Å². The van der Waals surface area contributed by atoms with Gasteiger partial charge < -0.3 is 10.5 Å². The maximum atomic E-state index is 13.6. The highest BCUT2D eigenvalue weighted by molar-refractivity contribution is 5.29. The summed E-state index contributed by atoms with van der Waals surface area (Å²) in [6.07, 6.45) is 2.82. The van der Waals surface area contributed by atoms with Gasteiger partial charge in [-0.25, -0.2) is 4.39 Å². The van der Waals surface area contributed by atoms with Gasteiger partial charge in [0.1, 0.15) is 0 Å². The van der Waals surface area contributed by atoms with Gasteiger partial charge in [-0.2, -0.15) is 0 Å². The predicted molar refractivity (Wildman–Crippen MR) is 82.5 cm³/mol. The van der Waals surface area contributed by atoms with Crippen LogP contribution in [0, 0.1) is 17.2 Å². The van der Waals surface area contributed by atoms with E-state index >= 15 is 0 Å². The molecule has 2 N–H and O–H groups in total. The highest BCUT2D eigenvalue weighted by Crippen LogP contribution is 2.27. The smallest absolute Gasteiger partial charge is 0.165 e. The molecule has 0 amide bonds. The summed E-state index contributed by atoms with van der Waals surface area (Å²) in [6, 6.07) is 5.14. The average Bonchev–Trinajstić information content (AvgIpc) is 2.25. The van der Waals surface area contributed by atoms with E-state index in [1.165, 1.54) is 13.2 Å². The molecule has 2 nitrogen and oxygen atoms in total. The number of rotatable bonds is 6. The van der Waals surface area contributed by atoms with Gasteiger partial charge in [-0.1, -0.05) is 33.8 Å². The first-order valence-electron chi connectivity index (χ1n) is 7.29. The predicted octanol–water partition coefficient (Wildman–Crippen LogP) is 4.17. The molecule has 2 atom stereocenters. The van der Waals surface area contributed by atoms with Gasteiger partial charge in [0.15, 0.2) is 11.6 Å². The number of methoxy groups -OCH3 is 1. The summed E-state index contributed by atoms with van der Waals surface area (Å²) in [4.78, 5) is 0. The lowest BCUT2D eigenvalue weighted by Gasteiger charge is -2.25. The molecule has 0 heterocycles. The highest BCUT2D eigenvalue weighted by atomic mass is 19.1. The van der Waals surface area contributed by atoms with E-state index < -0.39 is 0 Å². The summed E-state index contributed by atoms with van der Waals surface area (Å²) in [7, 11) is 1.47. The third-order valence-electron chi connectivity index (χ3n) is 3.38. The molecule has 114 valence electrons. The maximum absolute atomic E-state index is 13.6. The Labute approximate surface area is 122 Å². The summed E-state index contributed by atoms with van der Waals surface area (Å²) in [6.45, 7) is 8.97. The van der Waals surface area contributed by atoms with Gasteiger partial charge >= 0.3 is 0 Å². The van der Waals surface area contributed by atoms with Crippen molar-refractivity contribution in [3.05, 3.63) is 29.6 Å². The van der Waals surface area contributed by atoms with Gasteiger partial charge in [-0.15, -0.1) is 0 Å². The van der Waals surface area contributed by atoms with Crippen LogP contribution in [0.4, 0.5) is 4.39 Å². The molecule has 0 spiro atoms. The summed E-state index contributed by atoms with van der Waals surface area (Å²) in [5.74, 6) is 0.538. The first-order valence-corrected chi connectivity index (χ1v) is 7.29. The van der Waals surface area contributed by atoms with Crippen LogP contribution in [0.25, 0.3) is 0 Å². The van der Waals surface area contributed by atoms with Crippen molar-refractivity contribution in [3.63, 3.8) is 0 Å². The Bertz CT molecular complexity index is 425. The number of halogens is 1. The quantitative estimate of drug-likeness (QED) is 0.849. The molecule has 20 heavy (non-hydrogen) atoms. The molecule has 1 rings (SSSR count). The minimum Gasteiger partial charge on any atom is -0.494 e. The Morgan fingerprint density at radius 2 is 1.95 bits per heavy atom. The summed E-state index contributed by atoms with van der Waals surface area (Å²) in [5, 5.41) is 0. The molecule has 0 aliphatic rings. The van der Waals surface area contributed by atoms with Crippen molar-refractivity contribution in [1.82, 2.24) is 0 Å². The molecular weight excluding hydrogens is 253 g/mol. The number of hydrogen-bond donors (Lipinski definition) is 1. The van der Waals surface area contributed by atoms with Gasteiger partial charge in [-0.3, -0.25) is 0 Å². The fourth-order valence-electron chi connectivity index (χ4n) is 2.87. The maximum Gasteiger partial charge on any atom is 0.165 e. The van der Waals surface area contributed by atoms with Crippen molar-refractivity contribution in [1.29, 1.82) is 0 Å². The van der Waals surface area contributed by atoms with Crippen LogP contribution in [0.2, 0.25) is 0 Å². The zero-order chi connectivity index (χ0) is 15.3. The molecule has 1 aromatic rings. The van der Waals surface area contributed by atoms with Crippen LogP contribution in [0.3, 0.4) is 0 Å². The molecule has 0 saturated heterocycles. The molecule has 0 aliphatic heterocycles. The lowest BCUT2D eigenvalue weighted by atomic mass is 9.82. The van der Waals surface area contributed by atoms with Crippen LogP contribution < -0.4 is 10.5 Å². The Balaban J connectivity index is 2.54. The fourth-order valence-corrected chi connectivity index (χ4v) is 2.87. The van der Waals surface area contributed by atoms with Crippen LogP contribution >= 0.6 is 0 Å². The molecular formula is C17H28FNO. The number of ether oxygens (including phenoxy) is 1. The molecule has 0 aliphatic carbocycles. The van der Waals surface area contributed by atoms with Crippen LogP contribution in [-0.4, -0.2) is 13.2 Å². The van der Waals surface area contributed by atoms with Crippen LogP contribution in [-0.2, 0) is 6.42 Å². The van der Waals surface area contributed by atoms with Crippen molar-refractivity contribution in [2.45, 2.75) is 53.0 Å². The number of hydrogen-bond acceptors (Lipinski definition) is 2. The van der Waals surface area contributed by atoms with Crippen molar-refractivity contribution in [3.8, 4) is 5.75 Å². The van der Waals surface area contributed by atoms with Crippen LogP contribution in [0.1, 0.15) is 46.1 Å². The molecule has 3 heteroatoms. The third-order valence-corrected chi connectivity index (χ3v) is 3.38. The van der Waals surface area contributed by atoms with E-state index in [2.05, 4.69) is 27.7 Å². The minimum absolute atomic E-state index is 0.0696. The van der Waals surface area contributed by atoms with Crippen LogP contribution in [0.5, 0.6) is 5.75 Å². The van der Waals surface area contributed by atoms with E-state index in [0.29, 0.717) is 17.8 Å². The zero-order valence-electron chi connectivity index (χ0n) is 13.4. The van der Waals surface area contributed by atoms with Gasteiger partial charge in [0, 0.05) is 6.04 Å². The third kappa shape index (κ3) is 5.91. The average molecular weight is 281 g/mol. The molecule has 2 unspecified atom stereocenters. The fraction of sp³-hybridized carbons (Fsp3) is 0.647. The van der Waals surface area contributed by atoms with Gasteiger partial charge in [0.25, 0.3) is 0 Å². The summed E-state index contributed by atoms with van der Waals surface area (Å²) < 4.78 is 18.5. The Morgan fingerprint density at radius 1 is 1.30 bits per heavy atom. The number of benzene rings is 1. The standard InChI is InChI=1S/C17H28FNO/c1-12(11-17(2,3)4)8-14(19)9-13-6-7-16(20-5)15(18)10-13/h6-7,10,12,14H,8-9,11,19H2,1-5H3. The van der Waals surface area contributed by atoms with E-state index in [0.717, 1.165) is 18.4 Å². The molecule has 0 radical (unpaired) electrons. The second kappa shape index (κ2) is 7.07. The van der Waals surface area contributed by atoms with E-state index in [1.54, 1.807) is 6.07 Å². The second-order valence-corrected chi connectivity index (χ2v) is 7.04. The topological polar surface area (TPSA) is 35.2 Å². The Morgan fingerprint density at radius 3 is 2.45 bits per heavy atom. The van der Waals surface area contributed by atoms with Gasteiger partial charge in [-0.05, 0) is 48.3 Å². The summed E-state index contributed by atoms with van der Waals surface area (Å²) in [5.41, 5.74) is 7.45. The molecule has 0 saturated carbocycles. The largest absolute Gasteiger partial charge is 0.494 e. The number of nitrogens with two attached hydrogens (primary N) is 1. The SMILES string of the molecule is COc1ccc(CC(N)CC(C)CC(C)(C)C)cc1F. The zero-order valence-corrected chi connectivity index (χ0v) is 13.4. The first kappa shape index (κ1) is 17.0. The molecule has 1 aromatic carbocycles. The summed E-state index contributed by atoms with van der Waals surface area (Å²) >= 11 is 0. The second-order valence-electron chi connectivity index (χ2n) is 7.04. The van der Waals surface area contributed by atoms with E-state index in [9.17, 15) is 4.39 Å². The molecule has 0 bridgehead atoms. The first-order chi connectivity index (χ1) is 9.21. The van der Waals surface area contributed by atoms with Crippen molar-refractivity contribution >= 4 is 0 Å². The Kier molecular flexibility index (Phi) is 6.00. The van der Waals surface area contributed by atoms with Crippen molar-refractivity contribution in [2.75, 3.05) is 7.11 Å². The van der Waals surface area contributed by atoms with E-state index in [-0.39, 0.29) is 17.6 Å². The molecule has 0 fully saturated rings. The monoisotopic (exact) mass is 281 g/mol. The lowest BCUT2D eigenvalue weighted by Crippen LogP contribution is -2.26. The normalized spacial score (nSPS) is 14.9. The highest BCUT2D eigenvalue weighted by Gasteiger charge is 2.18. The minimum atomic E-state index is -0.320. The van der Waals surface area contributed by atoms with E-state index in [1.807, 2.05) is 6.07 Å². The molecule has 0 aromatic heterocycles. The Hall–Kier alpha value is -1.09. The van der Waals surface area contributed by atoms with Crippen molar-refractivity contribution < 1.29 is 9.13 Å². The van der Waals surface area contributed by atoms with E-state index in [4.69, 9.17) is 10.5 Å². The lowest BCUT2D eigenvalue weighted by molar-refractivity contribution is 0.285. The van der Waals surface area contributed by atoms with Gasteiger partial charge in [0.05, 0.1) is 7.11 Å².